The van der Waals surface area contributed by atoms with E-state index in [0.29, 0.717) is 12.8 Å². The third-order valence-electron chi connectivity index (χ3n) is 1.87. The number of hydrogen-bond acceptors (Lipinski definition) is 4. The van der Waals surface area contributed by atoms with E-state index in [9.17, 15) is 9.59 Å². The van der Waals surface area contributed by atoms with Gasteiger partial charge in [-0.2, -0.15) is 14.2 Å². The number of rotatable bonds is 5. The van der Waals surface area contributed by atoms with Crippen LogP contribution in [0.4, 0.5) is 0 Å². The average molecular weight is 277 g/mol. The predicted octanol–water partition coefficient (Wildman–Crippen LogP) is -1.89. The molecule has 6 nitrogen and oxygen atoms in total. The van der Waals surface area contributed by atoms with Crippen LogP contribution in [0.15, 0.2) is 21.6 Å². The topological polar surface area (TPSA) is 104 Å². The van der Waals surface area contributed by atoms with Gasteiger partial charge < -0.3 is 10.2 Å². The molecule has 0 unspecified atom stereocenters. The first kappa shape index (κ1) is 18.4. The molecule has 0 saturated carbocycles. The van der Waals surface area contributed by atoms with Gasteiger partial charge >= 0.3 is 83.3 Å². The molecule has 95 valence electrons. The fourth-order valence-corrected chi connectivity index (χ4v) is 3.54. The monoisotopic (exact) mass is 277 g/mol. The molecule has 2 amide bonds. The van der Waals surface area contributed by atoms with Crippen molar-refractivity contribution in [3.63, 3.8) is 0 Å². The molecule has 0 spiro atoms. The zero-order chi connectivity index (χ0) is 13.7. The summed E-state index contributed by atoms with van der Waals surface area (Å²) in [6.07, 6.45) is 6.22. The van der Waals surface area contributed by atoms with Crippen LogP contribution < -0.4 is 17.8 Å². The Kier molecular flexibility index (Phi) is 14.2. The smallest absolute Gasteiger partial charge is 0.153 e. The van der Waals surface area contributed by atoms with E-state index in [1.54, 1.807) is 0 Å². The molecular formula is C10H17N2O4Ti. The fraction of sp³-hybridized carbons (Fsp3) is 0.400. The van der Waals surface area contributed by atoms with Gasteiger partial charge in [0.1, 0.15) is 0 Å². The first-order valence-electron chi connectivity index (χ1n) is 4.75. The maximum atomic E-state index is 10.3. The van der Waals surface area contributed by atoms with Crippen molar-refractivity contribution in [3.05, 3.63) is 21.6 Å². The van der Waals surface area contributed by atoms with Gasteiger partial charge in [0.2, 0.25) is 0 Å². The molecule has 17 heavy (non-hydrogen) atoms. The molecule has 0 saturated heterocycles. The van der Waals surface area contributed by atoms with Gasteiger partial charge in [0, 0.05) is 0 Å². The first-order valence-corrected chi connectivity index (χ1v) is 7.09. The number of allylic oxidation sites excluding steroid dienone is 4. The molecule has 1 aliphatic carbocycles. The van der Waals surface area contributed by atoms with E-state index in [0.717, 1.165) is 20.6 Å². The molecule has 0 radical (unpaired) electrons. The quantitative estimate of drug-likeness (QED) is 0.453. The van der Waals surface area contributed by atoms with Crippen LogP contribution in [0.1, 0.15) is 13.3 Å². The molecule has 0 aromatic rings. The molecule has 7 heteroatoms. The summed E-state index contributed by atoms with van der Waals surface area (Å²) in [5.74, 6) is 0. The molecule has 0 aliphatic heterocycles. The van der Waals surface area contributed by atoms with Gasteiger partial charge in [-0.3, -0.25) is 0 Å². The van der Waals surface area contributed by atoms with E-state index in [2.05, 4.69) is 7.60 Å². The number of carbonyl (C=O) groups excluding carboxylic acids is 2. The van der Waals surface area contributed by atoms with Crippen LogP contribution in [-0.2, 0) is 28.0 Å². The van der Waals surface area contributed by atoms with Gasteiger partial charge in [-0.25, -0.2) is 0 Å². The average Bonchev–Trinajstić information content (AvgIpc) is 2.80. The van der Waals surface area contributed by atoms with Crippen LogP contribution in [0.25, 0.3) is 0 Å². The Bertz CT molecular complexity index is 269. The van der Waals surface area contributed by atoms with Crippen molar-refractivity contribution in [3.8, 4) is 0 Å². The van der Waals surface area contributed by atoms with Crippen LogP contribution >= 0.6 is 0 Å². The normalized spacial score (nSPS) is 11.6. The summed E-state index contributed by atoms with van der Waals surface area (Å²) in [6, 6.07) is 0. The van der Waals surface area contributed by atoms with Crippen molar-refractivity contribution in [1.29, 1.82) is 0 Å². The Morgan fingerprint density at radius 2 is 1.65 bits per heavy atom. The summed E-state index contributed by atoms with van der Waals surface area (Å²) in [5.41, 5.74) is 1.17. The van der Waals surface area contributed by atoms with Crippen LogP contribution in [-0.4, -0.2) is 27.0 Å². The minimum atomic E-state index is -2.04. The first-order chi connectivity index (χ1) is 8.29. The van der Waals surface area contributed by atoms with Crippen molar-refractivity contribution in [2.24, 2.45) is 0 Å². The third-order valence-corrected chi connectivity index (χ3v) is 5.02. The van der Waals surface area contributed by atoms with Crippen LogP contribution in [0.2, 0.25) is 0 Å². The van der Waals surface area contributed by atoms with Crippen LogP contribution in [0.3, 0.4) is 0 Å². The third kappa shape index (κ3) is 7.07. The van der Waals surface area contributed by atoms with Gasteiger partial charge in [0.25, 0.3) is 0 Å². The maximum absolute atomic E-state index is 10.3. The molecular weight excluding hydrogens is 260 g/mol. The second kappa shape index (κ2) is 13.1. The van der Waals surface area contributed by atoms with Crippen LogP contribution in [0.5, 0.6) is 0 Å². The van der Waals surface area contributed by atoms with E-state index in [1.807, 2.05) is 19.1 Å². The molecule has 0 fully saturated rings. The van der Waals surface area contributed by atoms with Crippen molar-refractivity contribution in [1.82, 2.24) is 7.60 Å². The molecule has 0 aromatic carbocycles. The van der Waals surface area contributed by atoms with E-state index in [-0.39, 0.29) is 0 Å². The Morgan fingerprint density at radius 1 is 1.18 bits per heavy atom. The second-order valence-corrected chi connectivity index (χ2v) is 5.68. The summed E-state index contributed by atoms with van der Waals surface area (Å²) in [6.45, 7) is 1.99. The van der Waals surface area contributed by atoms with Crippen molar-refractivity contribution < 1.29 is 38.2 Å². The summed E-state index contributed by atoms with van der Waals surface area (Å²) >= 11 is -2.04. The molecule has 0 atom stereocenters. The van der Waals surface area contributed by atoms with Crippen molar-refractivity contribution in [2.45, 2.75) is 13.3 Å². The van der Waals surface area contributed by atoms with Gasteiger partial charge in [-0.15, -0.1) is 0 Å². The minimum absolute atomic E-state index is 0.657. The summed E-state index contributed by atoms with van der Waals surface area (Å²) in [5, 5.41) is 16.5. The summed E-state index contributed by atoms with van der Waals surface area (Å²) in [7, 11) is 1.50. The Labute approximate surface area is 108 Å². The number of amides is 2. The molecule has 1 aliphatic rings. The van der Waals surface area contributed by atoms with Gasteiger partial charge in [0.05, 0.1) is 0 Å². The zero-order valence-corrected chi connectivity index (χ0v) is 11.7. The molecule has 0 heterocycles. The zero-order valence-electron chi connectivity index (χ0n) is 10.1. The Balaban J connectivity index is 0. The number of hydrogen-bond donors (Lipinski definition) is 2. The van der Waals surface area contributed by atoms with Gasteiger partial charge in [0.15, 0.2) is 0 Å². The largest absolute Gasteiger partial charge is 0.857 e. The molecule has 0 bridgehead atoms. The number of carbonyl (C=O) groups is 2. The second-order valence-electron chi connectivity index (χ2n) is 2.67. The van der Waals surface area contributed by atoms with Crippen LogP contribution in [0, 0.1) is 0 Å². The Hall–Kier alpha value is -0.946. The fourth-order valence-electron chi connectivity index (χ4n) is 1.25. The van der Waals surface area contributed by atoms with Gasteiger partial charge in [-0.05, 0) is 0 Å². The van der Waals surface area contributed by atoms with E-state index < -0.39 is 18.4 Å². The van der Waals surface area contributed by atoms with E-state index in [4.69, 9.17) is 10.2 Å². The molecule has 1 rings (SSSR count). The predicted molar refractivity (Wildman–Crippen MR) is 56.7 cm³/mol. The van der Waals surface area contributed by atoms with E-state index >= 15 is 0 Å². The maximum Gasteiger partial charge on any atom is -0.153 e. The Morgan fingerprint density at radius 3 is 1.94 bits per heavy atom. The minimum Gasteiger partial charge on any atom is -0.857 e. The SMILES string of the molecule is CC1=[C]([Ti+2]([NH]C=O)[NH]C=O)CC=C1.C[O-].C[O-]. The summed E-state index contributed by atoms with van der Waals surface area (Å²) < 4.78 is 6.60. The standard InChI is InChI=1S/C6H7.2CH3NO.2CH3O.Ti/c1-6-4-2-3-5-6;2*2-1-3;2*1-2;/h2,4H,3H2,1H3;2*1H,(H2,2,3);2*1H3;/q;;;2*-1;+4/p-2. The summed E-state index contributed by atoms with van der Waals surface area (Å²) in [4.78, 5) is 20.6. The van der Waals surface area contributed by atoms with E-state index in [1.165, 1.54) is 9.45 Å². The van der Waals surface area contributed by atoms with Gasteiger partial charge in [-0.1, -0.05) is 0 Å². The molecule has 2 N–H and O–H groups in total. The number of nitrogens with one attached hydrogen (secondary N) is 2. The van der Waals surface area contributed by atoms with Crippen molar-refractivity contribution in [2.75, 3.05) is 14.2 Å². The molecule has 0 aromatic heterocycles. The van der Waals surface area contributed by atoms with Crippen molar-refractivity contribution >= 4 is 12.8 Å².